The highest BCUT2D eigenvalue weighted by Crippen LogP contribution is 2.53. The Bertz CT molecular complexity index is 1070. The zero-order valence-electron chi connectivity index (χ0n) is 16.1. The minimum absolute atomic E-state index is 0.0486. The van der Waals surface area contributed by atoms with Gasteiger partial charge in [-0.2, -0.15) is 5.10 Å². The number of benzene rings is 1. The van der Waals surface area contributed by atoms with Crippen molar-refractivity contribution in [1.82, 2.24) is 20.0 Å². The SMILES string of the molecule is NC(=O)c1nn(CC(=O)N2[C@@H]3C[C@@H]3C[C@H]2C(=O)NC[C@H]2CC2(Cl)Cl)c2ccccc12. The summed E-state index contributed by atoms with van der Waals surface area (Å²) in [7, 11) is 0. The van der Waals surface area contributed by atoms with Crippen LogP contribution >= 0.6 is 23.2 Å². The quantitative estimate of drug-likeness (QED) is 0.649. The first-order valence-electron chi connectivity index (χ1n) is 9.98. The van der Waals surface area contributed by atoms with Crippen molar-refractivity contribution >= 4 is 51.8 Å². The molecule has 30 heavy (non-hydrogen) atoms. The average Bonchev–Trinajstić information content (AvgIpc) is 3.49. The lowest BCUT2D eigenvalue weighted by atomic mass is 10.1. The fourth-order valence-corrected chi connectivity index (χ4v) is 5.05. The molecule has 3 N–H and O–H groups in total. The summed E-state index contributed by atoms with van der Waals surface area (Å²) in [4.78, 5) is 39.3. The summed E-state index contributed by atoms with van der Waals surface area (Å²) in [6.45, 7) is 0.349. The van der Waals surface area contributed by atoms with E-state index in [0.717, 1.165) is 6.42 Å². The number of carbonyl (C=O) groups excluding carboxylic acids is 3. The van der Waals surface area contributed by atoms with Crippen LogP contribution in [0.25, 0.3) is 10.9 Å². The van der Waals surface area contributed by atoms with E-state index in [4.69, 9.17) is 28.9 Å². The minimum atomic E-state index is -0.750. The van der Waals surface area contributed by atoms with E-state index >= 15 is 0 Å². The van der Waals surface area contributed by atoms with Crippen molar-refractivity contribution in [3.05, 3.63) is 30.0 Å². The lowest BCUT2D eigenvalue weighted by Crippen LogP contribution is -2.49. The van der Waals surface area contributed by atoms with Gasteiger partial charge in [-0.25, -0.2) is 0 Å². The molecule has 2 heterocycles. The van der Waals surface area contributed by atoms with Crippen LogP contribution in [0.5, 0.6) is 0 Å². The van der Waals surface area contributed by atoms with Gasteiger partial charge in [0.15, 0.2) is 5.69 Å². The van der Waals surface area contributed by atoms with Crippen LogP contribution in [0.2, 0.25) is 0 Å². The third-order valence-corrected chi connectivity index (χ3v) is 7.28. The number of alkyl halides is 2. The van der Waals surface area contributed by atoms with E-state index in [1.165, 1.54) is 4.68 Å². The lowest BCUT2D eigenvalue weighted by molar-refractivity contribution is -0.140. The minimum Gasteiger partial charge on any atom is -0.364 e. The Kier molecular flexibility index (Phi) is 4.48. The van der Waals surface area contributed by atoms with Crippen molar-refractivity contribution < 1.29 is 14.4 Å². The summed E-state index contributed by atoms with van der Waals surface area (Å²) in [6.07, 6.45) is 2.23. The monoisotopic (exact) mass is 449 g/mol. The van der Waals surface area contributed by atoms with E-state index in [2.05, 4.69) is 10.4 Å². The third kappa shape index (κ3) is 3.32. The molecule has 8 nitrogen and oxygen atoms in total. The Morgan fingerprint density at radius 2 is 1.97 bits per heavy atom. The molecule has 3 amide bonds. The first-order valence-corrected chi connectivity index (χ1v) is 10.7. The van der Waals surface area contributed by atoms with E-state index in [1.54, 1.807) is 23.1 Å². The predicted octanol–water partition coefficient (Wildman–Crippen LogP) is 1.43. The topological polar surface area (TPSA) is 110 Å². The van der Waals surface area contributed by atoms with Crippen LogP contribution in [0.3, 0.4) is 0 Å². The molecule has 10 heteroatoms. The zero-order valence-corrected chi connectivity index (χ0v) is 17.6. The number of nitrogens with one attached hydrogen (secondary N) is 1. The molecule has 1 saturated heterocycles. The maximum atomic E-state index is 13.2. The molecule has 1 aromatic carbocycles. The molecule has 2 aliphatic carbocycles. The van der Waals surface area contributed by atoms with Gasteiger partial charge in [-0.15, -0.1) is 23.2 Å². The van der Waals surface area contributed by atoms with Gasteiger partial charge in [0.2, 0.25) is 11.8 Å². The Hall–Kier alpha value is -2.32. The Balaban J connectivity index is 1.32. The number of likely N-dealkylation sites (tertiary alicyclic amines) is 1. The number of halogens is 2. The number of aromatic nitrogens is 2. The van der Waals surface area contributed by atoms with Crippen LogP contribution in [-0.4, -0.2) is 55.4 Å². The number of nitrogens with two attached hydrogens (primary N) is 1. The highest BCUT2D eigenvalue weighted by atomic mass is 35.5. The first-order chi connectivity index (χ1) is 14.3. The second-order valence-corrected chi connectivity index (χ2v) is 9.95. The van der Waals surface area contributed by atoms with Gasteiger partial charge in [-0.05, 0) is 31.2 Å². The standard InChI is InChI=1S/C20H21Cl2N5O3/c21-20(22)7-11(20)8-24-19(30)15-6-10-5-14(10)27(15)16(28)9-26-13-4-2-1-3-12(13)17(25-26)18(23)29/h1-4,10-11,14-15H,5-9H2,(H2,23,29)(H,24,30)/t10-,11-,14-,15+/m1/s1. The number of hydrogen-bond donors (Lipinski definition) is 2. The maximum absolute atomic E-state index is 13.2. The molecule has 3 aliphatic rings. The fourth-order valence-electron chi connectivity index (χ4n) is 4.52. The van der Waals surface area contributed by atoms with Gasteiger partial charge in [-0.1, -0.05) is 18.2 Å². The van der Waals surface area contributed by atoms with E-state index in [-0.39, 0.29) is 36.0 Å². The molecule has 0 spiro atoms. The van der Waals surface area contributed by atoms with Gasteiger partial charge in [0, 0.05) is 23.9 Å². The fraction of sp³-hybridized carbons (Fsp3) is 0.500. The van der Waals surface area contributed by atoms with Crippen LogP contribution in [0, 0.1) is 11.8 Å². The first kappa shape index (κ1) is 19.6. The summed E-state index contributed by atoms with van der Waals surface area (Å²) in [5, 5.41) is 7.76. The Morgan fingerprint density at radius 1 is 1.23 bits per heavy atom. The van der Waals surface area contributed by atoms with E-state index in [0.29, 0.717) is 36.2 Å². The molecule has 5 rings (SSSR count). The number of fused-ring (bicyclic) bond motifs is 2. The van der Waals surface area contributed by atoms with Crippen molar-refractivity contribution in [3.8, 4) is 0 Å². The van der Waals surface area contributed by atoms with Crippen LogP contribution in [-0.2, 0) is 16.1 Å². The van der Waals surface area contributed by atoms with Crippen LogP contribution in [0.4, 0.5) is 0 Å². The summed E-state index contributed by atoms with van der Waals surface area (Å²) in [5.74, 6) is -0.601. The van der Waals surface area contributed by atoms with Gasteiger partial charge in [0.05, 0.1) is 5.52 Å². The van der Waals surface area contributed by atoms with E-state index in [1.807, 2.05) is 6.07 Å². The average molecular weight is 450 g/mol. The van der Waals surface area contributed by atoms with Crippen LogP contribution in [0.15, 0.2) is 24.3 Å². The molecule has 0 bridgehead atoms. The van der Waals surface area contributed by atoms with Crippen molar-refractivity contribution in [1.29, 1.82) is 0 Å². The molecule has 2 saturated carbocycles. The number of rotatable bonds is 6. The van der Waals surface area contributed by atoms with Gasteiger partial charge in [-0.3, -0.25) is 19.1 Å². The van der Waals surface area contributed by atoms with Crippen molar-refractivity contribution in [2.24, 2.45) is 17.6 Å². The molecule has 0 radical (unpaired) electrons. The van der Waals surface area contributed by atoms with E-state index in [9.17, 15) is 14.4 Å². The van der Waals surface area contributed by atoms with Crippen molar-refractivity contribution in [2.45, 2.75) is 42.2 Å². The second-order valence-electron chi connectivity index (χ2n) is 8.41. The van der Waals surface area contributed by atoms with Gasteiger partial charge in [0.1, 0.15) is 16.9 Å². The number of carbonyl (C=O) groups is 3. The van der Waals surface area contributed by atoms with Crippen molar-refractivity contribution in [2.75, 3.05) is 6.54 Å². The second kappa shape index (κ2) is 6.85. The van der Waals surface area contributed by atoms with Crippen molar-refractivity contribution in [3.63, 3.8) is 0 Å². The highest BCUT2D eigenvalue weighted by Gasteiger charge is 2.56. The summed E-state index contributed by atoms with van der Waals surface area (Å²) >= 11 is 12.1. The lowest BCUT2D eigenvalue weighted by Gasteiger charge is -2.27. The van der Waals surface area contributed by atoms with E-state index < -0.39 is 16.3 Å². The zero-order chi connectivity index (χ0) is 21.2. The summed E-state index contributed by atoms with van der Waals surface area (Å²) in [5.41, 5.74) is 6.22. The molecular formula is C20H21Cl2N5O3. The van der Waals surface area contributed by atoms with Gasteiger partial charge >= 0.3 is 0 Å². The molecule has 0 unspecified atom stereocenters. The van der Waals surface area contributed by atoms with Crippen LogP contribution in [0.1, 0.15) is 29.8 Å². The highest BCUT2D eigenvalue weighted by molar-refractivity contribution is 6.50. The Labute approximate surface area is 182 Å². The molecule has 4 atom stereocenters. The molecule has 3 fully saturated rings. The summed E-state index contributed by atoms with van der Waals surface area (Å²) < 4.78 is 0.738. The number of nitrogens with zero attached hydrogens (tertiary/aromatic N) is 3. The predicted molar refractivity (Wildman–Crippen MR) is 111 cm³/mol. The number of piperidine rings is 1. The summed E-state index contributed by atoms with van der Waals surface area (Å²) in [6, 6.07) is 6.72. The molecular weight excluding hydrogens is 429 g/mol. The Morgan fingerprint density at radius 3 is 2.67 bits per heavy atom. The smallest absolute Gasteiger partial charge is 0.269 e. The number of para-hydroxylation sites is 1. The largest absolute Gasteiger partial charge is 0.364 e. The molecule has 1 aliphatic heterocycles. The van der Waals surface area contributed by atoms with Gasteiger partial charge < -0.3 is 16.0 Å². The number of primary amides is 1. The maximum Gasteiger partial charge on any atom is 0.269 e. The molecule has 158 valence electrons. The molecule has 2 aromatic rings. The van der Waals surface area contributed by atoms with Crippen LogP contribution < -0.4 is 11.1 Å². The van der Waals surface area contributed by atoms with Gasteiger partial charge in [0.25, 0.3) is 5.91 Å². The third-order valence-electron chi connectivity index (χ3n) is 6.35. The molecule has 1 aromatic heterocycles. The number of hydrogen-bond acceptors (Lipinski definition) is 4. The normalized spacial score (nSPS) is 28.3. The number of amides is 3.